The fraction of sp³-hybridized carbons (Fsp3) is 0.550. The number of ether oxygens (including phenoxy) is 2. The van der Waals surface area contributed by atoms with Crippen LogP contribution in [0.3, 0.4) is 0 Å². The van der Waals surface area contributed by atoms with Crippen LogP contribution in [0, 0.1) is 0 Å². The van der Waals surface area contributed by atoms with Gasteiger partial charge in [0.15, 0.2) is 0 Å². The molecule has 5 nitrogen and oxygen atoms in total. The predicted molar refractivity (Wildman–Crippen MR) is 97.0 cm³/mol. The van der Waals surface area contributed by atoms with Gasteiger partial charge in [0, 0.05) is 32.1 Å². The van der Waals surface area contributed by atoms with Gasteiger partial charge in [-0.05, 0) is 56.3 Å². The van der Waals surface area contributed by atoms with Gasteiger partial charge < -0.3 is 14.8 Å². The molecule has 2 saturated heterocycles. The summed E-state index contributed by atoms with van der Waals surface area (Å²) in [5.74, 6) is 0. The lowest BCUT2D eigenvalue weighted by molar-refractivity contribution is -0.140. The molecule has 1 aromatic carbocycles. The van der Waals surface area contributed by atoms with E-state index in [0.717, 1.165) is 64.2 Å². The van der Waals surface area contributed by atoms with Crippen LogP contribution in [0.15, 0.2) is 42.7 Å². The van der Waals surface area contributed by atoms with Gasteiger partial charge in [0.2, 0.25) is 0 Å². The molecular formula is C20H27N3O2. The summed E-state index contributed by atoms with van der Waals surface area (Å²) < 4.78 is 13.6. The van der Waals surface area contributed by atoms with E-state index in [4.69, 9.17) is 9.47 Å². The van der Waals surface area contributed by atoms with Crippen LogP contribution in [0.2, 0.25) is 0 Å². The first-order chi connectivity index (χ1) is 12.3. The molecule has 3 heterocycles. The van der Waals surface area contributed by atoms with Crippen molar-refractivity contribution in [1.29, 1.82) is 0 Å². The number of para-hydroxylation sites is 1. The summed E-state index contributed by atoms with van der Waals surface area (Å²) in [5, 5.41) is 8.21. The van der Waals surface area contributed by atoms with Crippen molar-refractivity contribution in [2.45, 2.75) is 43.7 Å². The number of nitrogens with zero attached hydrogens (tertiary/aromatic N) is 2. The molecule has 2 aliphatic heterocycles. The van der Waals surface area contributed by atoms with E-state index < -0.39 is 0 Å². The average molecular weight is 341 g/mol. The van der Waals surface area contributed by atoms with Gasteiger partial charge in [-0.25, -0.2) is 4.68 Å². The number of rotatable bonds is 5. The third-order valence-electron chi connectivity index (χ3n) is 5.40. The van der Waals surface area contributed by atoms with Gasteiger partial charge in [0.1, 0.15) is 0 Å². The molecule has 2 aliphatic rings. The lowest BCUT2D eigenvalue weighted by Crippen LogP contribution is -2.50. The topological polar surface area (TPSA) is 48.3 Å². The molecule has 4 rings (SSSR count). The van der Waals surface area contributed by atoms with Crippen molar-refractivity contribution >= 4 is 0 Å². The van der Waals surface area contributed by atoms with Crippen LogP contribution >= 0.6 is 0 Å². The van der Waals surface area contributed by atoms with E-state index in [1.807, 2.05) is 29.1 Å². The van der Waals surface area contributed by atoms with Crippen LogP contribution in [0.1, 0.15) is 31.2 Å². The van der Waals surface area contributed by atoms with Crippen LogP contribution in [-0.2, 0) is 15.9 Å². The zero-order valence-electron chi connectivity index (χ0n) is 14.7. The first-order valence-electron chi connectivity index (χ1n) is 9.37. The Morgan fingerprint density at radius 1 is 1.16 bits per heavy atom. The van der Waals surface area contributed by atoms with Crippen molar-refractivity contribution in [3.05, 3.63) is 48.3 Å². The molecule has 2 aromatic rings. The molecule has 0 unspecified atom stereocenters. The minimum atomic E-state index is 0.0619. The largest absolute Gasteiger partial charge is 0.381 e. The van der Waals surface area contributed by atoms with Gasteiger partial charge >= 0.3 is 0 Å². The summed E-state index contributed by atoms with van der Waals surface area (Å²) in [4.78, 5) is 0. The number of hydrogen-bond donors (Lipinski definition) is 1. The van der Waals surface area contributed by atoms with Crippen LogP contribution < -0.4 is 5.32 Å². The monoisotopic (exact) mass is 341 g/mol. The summed E-state index contributed by atoms with van der Waals surface area (Å²) >= 11 is 0. The second-order valence-electron chi connectivity index (χ2n) is 7.17. The molecule has 0 radical (unpaired) electrons. The highest BCUT2D eigenvalue weighted by molar-refractivity contribution is 5.30. The maximum absolute atomic E-state index is 6.12. The van der Waals surface area contributed by atoms with Crippen molar-refractivity contribution < 1.29 is 9.47 Å². The van der Waals surface area contributed by atoms with Gasteiger partial charge in [0.05, 0.1) is 17.5 Å². The van der Waals surface area contributed by atoms with Crippen molar-refractivity contribution in [2.24, 2.45) is 0 Å². The Balaban J connectivity index is 1.27. The van der Waals surface area contributed by atoms with Gasteiger partial charge in [0.25, 0.3) is 0 Å². The Morgan fingerprint density at radius 3 is 2.84 bits per heavy atom. The highest BCUT2D eigenvalue weighted by Crippen LogP contribution is 2.34. The molecule has 134 valence electrons. The van der Waals surface area contributed by atoms with E-state index in [9.17, 15) is 0 Å². The summed E-state index contributed by atoms with van der Waals surface area (Å²) in [6.07, 6.45) is 9.38. The Labute approximate surface area is 149 Å². The summed E-state index contributed by atoms with van der Waals surface area (Å²) in [6, 6.07) is 10.8. The fourth-order valence-corrected chi connectivity index (χ4v) is 3.93. The van der Waals surface area contributed by atoms with E-state index in [2.05, 4.69) is 28.7 Å². The molecule has 25 heavy (non-hydrogen) atoms. The average Bonchev–Trinajstić information content (AvgIpc) is 3.12. The lowest BCUT2D eigenvalue weighted by Gasteiger charge is -2.43. The highest BCUT2D eigenvalue weighted by atomic mass is 16.5. The minimum absolute atomic E-state index is 0.0619. The maximum atomic E-state index is 6.12. The number of hydrogen-bond acceptors (Lipinski definition) is 4. The first-order valence-corrected chi connectivity index (χ1v) is 9.37. The Bertz CT molecular complexity index is 659. The second kappa shape index (κ2) is 7.68. The number of nitrogens with one attached hydrogen (secondary N) is 1. The SMILES string of the molecule is c1ccc(-n2cc(CCN[C@H]3CCOC4(CCOCC4)C3)cn2)cc1. The van der Waals surface area contributed by atoms with Gasteiger partial charge in [-0.1, -0.05) is 18.2 Å². The van der Waals surface area contributed by atoms with Gasteiger partial charge in [-0.15, -0.1) is 0 Å². The van der Waals surface area contributed by atoms with Crippen LogP contribution in [0.4, 0.5) is 0 Å². The van der Waals surface area contributed by atoms with Crippen LogP contribution in [0.5, 0.6) is 0 Å². The molecular weight excluding hydrogens is 314 g/mol. The maximum Gasteiger partial charge on any atom is 0.0741 e. The smallest absolute Gasteiger partial charge is 0.0741 e. The quantitative estimate of drug-likeness (QED) is 0.908. The molecule has 1 atom stereocenters. The van der Waals surface area contributed by atoms with Crippen LogP contribution in [-0.4, -0.2) is 47.8 Å². The number of benzene rings is 1. The third kappa shape index (κ3) is 4.11. The molecule has 5 heteroatoms. The third-order valence-corrected chi connectivity index (χ3v) is 5.40. The van der Waals surface area contributed by atoms with Gasteiger partial charge in [-0.2, -0.15) is 5.10 Å². The van der Waals surface area contributed by atoms with Crippen molar-refractivity contribution in [3.8, 4) is 5.69 Å². The molecule has 0 saturated carbocycles. The summed E-state index contributed by atoms with van der Waals surface area (Å²) in [5.41, 5.74) is 2.43. The molecule has 2 fully saturated rings. The minimum Gasteiger partial charge on any atom is -0.381 e. The van der Waals surface area contributed by atoms with E-state index in [-0.39, 0.29) is 5.60 Å². The Kier molecular flexibility index (Phi) is 5.15. The zero-order chi connectivity index (χ0) is 17.0. The molecule has 0 bridgehead atoms. The van der Waals surface area contributed by atoms with Crippen molar-refractivity contribution in [3.63, 3.8) is 0 Å². The van der Waals surface area contributed by atoms with Crippen molar-refractivity contribution in [2.75, 3.05) is 26.4 Å². The second-order valence-corrected chi connectivity index (χ2v) is 7.17. The van der Waals surface area contributed by atoms with E-state index >= 15 is 0 Å². The first kappa shape index (κ1) is 16.8. The van der Waals surface area contributed by atoms with E-state index in [0.29, 0.717) is 6.04 Å². The standard InChI is InChI=1S/C20H27N3O2/c1-2-4-19(5-3-1)23-16-17(15-22-23)6-10-21-18-7-11-25-20(14-18)8-12-24-13-9-20/h1-5,15-16,18,21H,6-14H2/t18-/m0/s1. The summed E-state index contributed by atoms with van der Waals surface area (Å²) in [6.45, 7) is 3.53. The lowest BCUT2D eigenvalue weighted by atomic mass is 9.84. The molecule has 0 aliphatic carbocycles. The van der Waals surface area contributed by atoms with E-state index in [1.54, 1.807) is 0 Å². The van der Waals surface area contributed by atoms with E-state index in [1.165, 1.54) is 5.56 Å². The Morgan fingerprint density at radius 2 is 2.00 bits per heavy atom. The number of aromatic nitrogens is 2. The molecule has 1 spiro atoms. The van der Waals surface area contributed by atoms with Crippen LogP contribution in [0.25, 0.3) is 5.69 Å². The van der Waals surface area contributed by atoms with Gasteiger partial charge in [-0.3, -0.25) is 0 Å². The predicted octanol–water partition coefficient (Wildman–Crippen LogP) is 2.73. The highest BCUT2D eigenvalue weighted by Gasteiger charge is 2.38. The fourth-order valence-electron chi connectivity index (χ4n) is 3.93. The molecule has 1 N–H and O–H groups in total. The Hall–Kier alpha value is -1.69. The zero-order valence-corrected chi connectivity index (χ0v) is 14.7. The normalized spacial score (nSPS) is 23.0. The summed E-state index contributed by atoms with van der Waals surface area (Å²) in [7, 11) is 0. The molecule has 1 aromatic heterocycles. The van der Waals surface area contributed by atoms with Crippen molar-refractivity contribution in [1.82, 2.24) is 15.1 Å². The molecule has 0 amide bonds.